The smallest absolute Gasteiger partial charge is 0.345 e. The van der Waals surface area contributed by atoms with Crippen molar-refractivity contribution in [3.63, 3.8) is 0 Å². The quantitative estimate of drug-likeness (QED) is 0.681. The maximum Gasteiger partial charge on any atom is 0.345 e. The summed E-state index contributed by atoms with van der Waals surface area (Å²) < 4.78 is 15.5. The summed E-state index contributed by atoms with van der Waals surface area (Å²) in [5.74, 6) is 0.148. The van der Waals surface area contributed by atoms with Gasteiger partial charge in [-0.2, -0.15) is 0 Å². The van der Waals surface area contributed by atoms with E-state index in [9.17, 15) is 4.79 Å². The van der Waals surface area contributed by atoms with Crippen molar-refractivity contribution >= 4 is 5.97 Å². The van der Waals surface area contributed by atoms with Crippen LogP contribution in [0.25, 0.3) is 11.5 Å². The Morgan fingerprint density at radius 1 is 1.15 bits per heavy atom. The van der Waals surface area contributed by atoms with Crippen LogP contribution in [0.4, 0.5) is 0 Å². The zero-order chi connectivity index (χ0) is 13.9. The van der Waals surface area contributed by atoms with Gasteiger partial charge in [0, 0.05) is 0 Å². The van der Waals surface area contributed by atoms with Gasteiger partial charge in [-0.15, -0.1) is 0 Å². The maximum atomic E-state index is 11.9. The average molecular weight is 269 g/mol. The molecule has 3 aromatic rings. The molecule has 0 saturated carbocycles. The Kier molecular flexibility index (Phi) is 3.09. The second-order valence-corrected chi connectivity index (χ2v) is 4.18. The normalized spacial score (nSPS) is 10.4. The lowest BCUT2D eigenvalue weighted by Gasteiger charge is -2.00. The van der Waals surface area contributed by atoms with Crippen molar-refractivity contribution < 1.29 is 18.5 Å². The van der Waals surface area contributed by atoms with Crippen LogP contribution < -0.4 is 4.74 Å². The molecule has 100 valence electrons. The highest BCUT2D eigenvalue weighted by Gasteiger charge is 2.19. The third-order valence-corrected chi connectivity index (χ3v) is 2.83. The topological polar surface area (TPSA) is 65.5 Å². The molecule has 0 unspecified atom stereocenters. The van der Waals surface area contributed by atoms with Gasteiger partial charge in [-0.1, -0.05) is 23.4 Å². The Labute approximate surface area is 114 Å². The van der Waals surface area contributed by atoms with E-state index in [1.807, 2.05) is 6.07 Å². The van der Waals surface area contributed by atoms with Crippen molar-refractivity contribution in [1.29, 1.82) is 0 Å². The summed E-state index contributed by atoms with van der Waals surface area (Å²) in [5.41, 5.74) is 1.58. The number of carbonyl (C=O) groups excluding carboxylic acids is 1. The number of hydrogen-bond donors (Lipinski definition) is 0. The van der Waals surface area contributed by atoms with Crippen molar-refractivity contribution in [2.45, 2.75) is 6.92 Å². The van der Waals surface area contributed by atoms with Gasteiger partial charge in [0.2, 0.25) is 0 Å². The minimum atomic E-state index is -0.490. The molecule has 0 radical (unpaired) electrons. The van der Waals surface area contributed by atoms with E-state index in [0.717, 1.165) is 0 Å². The molecule has 0 saturated heterocycles. The lowest BCUT2D eigenvalue weighted by Crippen LogP contribution is -2.08. The average Bonchev–Trinajstić information content (AvgIpc) is 3.11. The molecule has 0 atom stereocenters. The lowest BCUT2D eigenvalue weighted by molar-refractivity contribution is 0.0678. The third kappa shape index (κ3) is 2.21. The Morgan fingerprint density at radius 2 is 1.95 bits per heavy atom. The number of rotatable bonds is 3. The molecule has 0 spiro atoms. The van der Waals surface area contributed by atoms with E-state index in [1.165, 1.54) is 0 Å². The first-order valence-electron chi connectivity index (χ1n) is 6.03. The first kappa shape index (κ1) is 12.2. The van der Waals surface area contributed by atoms with Crippen molar-refractivity contribution in [2.24, 2.45) is 0 Å². The minimum absolute atomic E-state index is 0.0743. The highest BCUT2D eigenvalue weighted by atomic mass is 16.7. The van der Waals surface area contributed by atoms with Gasteiger partial charge in [0.05, 0.1) is 17.4 Å². The van der Waals surface area contributed by atoms with Gasteiger partial charge >= 0.3 is 11.9 Å². The molecule has 0 fully saturated rings. The van der Waals surface area contributed by atoms with Crippen molar-refractivity contribution in [3.05, 3.63) is 59.9 Å². The Balaban J connectivity index is 1.84. The summed E-state index contributed by atoms with van der Waals surface area (Å²) in [6, 6.07) is 12.2. The lowest BCUT2D eigenvalue weighted by atomic mass is 10.2. The largest absolute Gasteiger partial charge is 0.463 e. The predicted molar refractivity (Wildman–Crippen MR) is 70.3 cm³/mol. The molecular formula is C15H11NO4. The first-order valence-corrected chi connectivity index (χ1v) is 6.03. The van der Waals surface area contributed by atoms with Gasteiger partial charge in [-0.05, 0) is 31.2 Å². The summed E-state index contributed by atoms with van der Waals surface area (Å²) in [4.78, 5) is 11.9. The Bertz CT molecular complexity index is 714. The molecule has 5 heteroatoms. The molecule has 0 bridgehead atoms. The van der Waals surface area contributed by atoms with E-state index in [1.54, 1.807) is 49.6 Å². The highest BCUT2D eigenvalue weighted by molar-refractivity contribution is 5.90. The van der Waals surface area contributed by atoms with Crippen molar-refractivity contribution in [3.8, 4) is 17.4 Å². The Hall–Kier alpha value is -2.82. The SMILES string of the molecule is Cc1c(-c2ccco2)noc1OC(=O)c1ccccc1. The molecule has 0 aliphatic heterocycles. The van der Waals surface area contributed by atoms with Crippen LogP contribution in [0.2, 0.25) is 0 Å². The summed E-state index contributed by atoms with van der Waals surface area (Å²) in [6.45, 7) is 1.75. The molecule has 20 heavy (non-hydrogen) atoms. The van der Waals surface area contributed by atoms with E-state index in [0.29, 0.717) is 22.6 Å². The van der Waals surface area contributed by atoms with Crippen LogP contribution in [0.1, 0.15) is 15.9 Å². The van der Waals surface area contributed by atoms with Crippen molar-refractivity contribution in [2.75, 3.05) is 0 Å². The fourth-order valence-corrected chi connectivity index (χ4v) is 1.78. The van der Waals surface area contributed by atoms with E-state index in [4.69, 9.17) is 13.7 Å². The highest BCUT2D eigenvalue weighted by Crippen LogP contribution is 2.30. The van der Waals surface area contributed by atoms with Crippen LogP contribution in [-0.4, -0.2) is 11.1 Å². The summed E-state index contributed by atoms with van der Waals surface area (Å²) in [5, 5.41) is 3.86. The van der Waals surface area contributed by atoms with Gasteiger partial charge in [-0.3, -0.25) is 0 Å². The first-order chi connectivity index (χ1) is 9.75. The minimum Gasteiger partial charge on any atom is -0.463 e. The van der Waals surface area contributed by atoms with E-state index >= 15 is 0 Å². The van der Waals surface area contributed by atoms with Crippen molar-refractivity contribution in [1.82, 2.24) is 5.16 Å². The number of nitrogens with zero attached hydrogens (tertiary/aromatic N) is 1. The summed E-state index contributed by atoms with van der Waals surface area (Å²) >= 11 is 0. The molecule has 2 heterocycles. The Morgan fingerprint density at radius 3 is 2.65 bits per heavy atom. The van der Waals surface area contributed by atoms with Crippen LogP contribution in [0.3, 0.4) is 0 Å². The number of esters is 1. The second kappa shape index (κ2) is 5.05. The predicted octanol–water partition coefficient (Wildman–Crippen LogP) is 3.46. The number of furan rings is 1. The fraction of sp³-hybridized carbons (Fsp3) is 0.0667. The van der Waals surface area contributed by atoms with E-state index < -0.39 is 5.97 Å². The van der Waals surface area contributed by atoms with E-state index in [2.05, 4.69) is 5.16 Å². The second-order valence-electron chi connectivity index (χ2n) is 4.18. The molecule has 0 aliphatic carbocycles. The van der Waals surface area contributed by atoms with Gasteiger partial charge in [0.1, 0.15) is 0 Å². The van der Waals surface area contributed by atoms with Crippen LogP contribution in [0.15, 0.2) is 57.7 Å². The molecule has 0 amide bonds. The summed E-state index contributed by atoms with van der Waals surface area (Å²) in [7, 11) is 0. The molecule has 1 aromatic carbocycles. The maximum absolute atomic E-state index is 11.9. The van der Waals surface area contributed by atoms with Gasteiger partial charge < -0.3 is 13.7 Å². The van der Waals surface area contributed by atoms with E-state index in [-0.39, 0.29) is 5.95 Å². The number of hydrogen-bond acceptors (Lipinski definition) is 5. The molecule has 2 aromatic heterocycles. The van der Waals surface area contributed by atoms with Gasteiger partial charge in [-0.25, -0.2) is 4.79 Å². The van der Waals surface area contributed by atoms with Crippen LogP contribution in [-0.2, 0) is 0 Å². The molecular weight excluding hydrogens is 258 g/mol. The number of ether oxygens (including phenoxy) is 1. The van der Waals surface area contributed by atoms with Gasteiger partial charge in [0.25, 0.3) is 0 Å². The standard InChI is InChI=1S/C15H11NO4/c1-10-13(12-8-5-9-18-12)16-20-15(10)19-14(17)11-6-3-2-4-7-11/h2-9H,1H3. The van der Waals surface area contributed by atoms with Crippen LogP contribution >= 0.6 is 0 Å². The number of benzene rings is 1. The van der Waals surface area contributed by atoms with Crippen LogP contribution in [0.5, 0.6) is 5.95 Å². The molecule has 0 aliphatic rings. The molecule has 3 rings (SSSR count). The monoisotopic (exact) mass is 269 g/mol. The fourth-order valence-electron chi connectivity index (χ4n) is 1.78. The van der Waals surface area contributed by atoms with Crippen LogP contribution in [0, 0.1) is 6.92 Å². The van der Waals surface area contributed by atoms with Gasteiger partial charge in [0.15, 0.2) is 11.5 Å². The summed E-state index contributed by atoms with van der Waals surface area (Å²) in [6.07, 6.45) is 1.54. The molecule has 5 nitrogen and oxygen atoms in total. The number of carbonyl (C=O) groups is 1. The molecule has 0 N–H and O–H groups in total. The zero-order valence-electron chi connectivity index (χ0n) is 10.7. The third-order valence-electron chi connectivity index (χ3n) is 2.83. The zero-order valence-corrected chi connectivity index (χ0v) is 10.7. The number of aromatic nitrogens is 1.